The Morgan fingerprint density at radius 3 is 2.33 bits per heavy atom. The molecule has 0 rings (SSSR count). The lowest BCUT2D eigenvalue weighted by Crippen LogP contribution is -2.08. The van der Waals surface area contributed by atoms with E-state index in [4.69, 9.17) is 0 Å². The van der Waals surface area contributed by atoms with Crippen LogP contribution < -0.4 is 0 Å². The van der Waals surface area contributed by atoms with Gasteiger partial charge in [0.15, 0.2) is 0 Å². The van der Waals surface area contributed by atoms with E-state index in [1.807, 2.05) is 6.92 Å². The second-order valence-electron chi connectivity index (χ2n) is 3.24. The highest BCUT2D eigenvalue weighted by molar-refractivity contribution is 5.07. The van der Waals surface area contributed by atoms with E-state index in [9.17, 15) is 5.11 Å². The fourth-order valence-corrected chi connectivity index (χ4v) is 1.29. The molecule has 12 heavy (non-hydrogen) atoms. The Hall–Kier alpha value is -0.300. The van der Waals surface area contributed by atoms with E-state index in [0.29, 0.717) is 0 Å². The quantitative estimate of drug-likeness (QED) is 0.606. The number of hydrogen-bond acceptors (Lipinski definition) is 1. The van der Waals surface area contributed by atoms with Crippen LogP contribution in [0.3, 0.4) is 0 Å². The van der Waals surface area contributed by atoms with E-state index in [0.717, 1.165) is 25.7 Å². The highest BCUT2D eigenvalue weighted by atomic mass is 16.3. The van der Waals surface area contributed by atoms with Gasteiger partial charge < -0.3 is 5.11 Å². The zero-order valence-electron chi connectivity index (χ0n) is 8.64. The Labute approximate surface area is 76.5 Å². The topological polar surface area (TPSA) is 20.2 Å². The summed E-state index contributed by atoms with van der Waals surface area (Å²) in [5.74, 6) is 0. The van der Waals surface area contributed by atoms with E-state index in [1.165, 1.54) is 12.0 Å². The van der Waals surface area contributed by atoms with Gasteiger partial charge in [0, 0.05) is 0 Å². The highest BCUT2D eigenvalue weighted by Crippen LogP contribution is 2.14. The second-order valence-corrected chi connectivity index (χ2v) is 3.24. The van der Waals surface area contributed by atoms with Gasteiger partial charge in [0.1, 0.15) is 0 Å². The highest BCUT2D eigenvalue weighted by Gasteiger charge is 2.05. The molecule has 0 saturated heterocycles. The predicted octanol–water partition coefficient (Wildman–Crippen LogP) is 3.28. The normalized spacial score (nSPS) is 14.8. The summed E-state index contributed by atoms with van der Waals surface area (Å²) in [7, 11) is 0. The van der Waals surface area contributed by atoms with Crippen molar-refractivity contribution in [1.29, 1.82) is 0 Å². The van der Waals surface area contributed by atoms with Gasteiger partial charge in [0.2, 0.25) is 0 Å². The molecule has 0 aromatic carbocycles. The van der Waals surface area contributed by atoms with Crippen LogP contribution in [0.2, 0.25) is 0 Å². The van der Waals surface area contributed by atoms with Crippen molar-refractivity contribution in [3.05, 3.63) is 11.6 Å². The number of hydrogen-bond donors (Lipinski definition) is 1. The molecule has 0 bridgehead atoms. The van der Waals surface area contributed by atoms with Gasteiger partial charge in [0.25, 0.3) is 0 Å². The minimum Gasteiger partial charge on any atom is -0.389 e. The fourth-order valence-electron chi connectivity index (χ4n) is 1.29. The van der Waals surface area contributed by atoms with Crippen molar-refractivity contribution < 1.29 is 5.11 Å². The number of unbranched alkanes of at least 4 members (excludes halogenated alkanes) is 1. The molecule has 1 heteroatoms. The molecule has 1 N–H and O–H groups in total. The number of allylic oxidation sites excluding steroid dienone is 1. The average Bonchev–Trinajstić information content (AvgIpc) is 2.11. The van der Waals surface area contributed by atoms with Gasteiger partial charge in [-0.3, -0.25) is 0 Å². The lowest BCUT2D eigenvalue weighted by molar-refractivity contribution is 0.201. The lowest BCUT2D eigenvalue weighted by Gasteiger charge is -2.12. The van der Waals surface area contributed by atoms with Crippen LogP contribution in [-0.2, 0) is 0 Å². The Morgan fingerprint density at radius 1 is 1.25 bits per heavy atom. The Bertz CT molecular complexity index is 127. The molecule has 0 amide bonds. The van der Waals surface area contributed by atoms with Crippen molar-refractivity contribution in [3.63, 3.8) is 0 Å². The molecule has 0 aromatic heterocycles. The first-order valence-electron chi connectivity index (χ1n) is 5.13. The molecule has 0 radical (unpaired) electrons. The first-order valence-corrected chi connectivity index (χ1v) is 5.13. The van der Waals surface area contributed by atoms with Gasteiger partial charge in [-0.05, 0) is 24.8 Å². The van der Waals surface area contributed by atoms with E-state index >= 15 is 0 Å². The second kappa shape index (κ2) is 7.35. The van der Waals surface area contributed by atoms with Gasteiger partial charge in [-0.2, -0.15) is 0 Å². The van der Waals surface area contributed by atoms with Gasteiger partial charge >= 0.3 is 0 Å². The van der Waals surface area contributed by atoms with Crippen LogP contribution in [0.25, 0.3) is 0 Å². The first-order chi connectivity index (χ1) is 5.76. The molecule has 72 valence electrons. The minimum absolute atomic E-state index is 0.198. The molecule has 1 unspecified atom stereocenters. The number of aliphatic hydroxyl groups excluding tert-OH is 1. The third kappa shape index (κ3) is 4.55. The number of aliphatic hydroxyl groups is 1. The molecule has 0 aliphatic carbocycles. The molecule has 0 spiro atoms. The zero-order chi connectivity index (χ0) is 9.40. The van der Waals surface area contributed by atoms with E-state index in [-0.39, 0.29) is 6.10 Å². The number of rotatable bonds is 6. The van der Waals surface area contributed by atoms with Crippen LogP contribution in [0.1, 0.15) is 52.9 Å². The van der Waals surface area contributed by atoms with Crippen LogP contribution in [-0.4, -0.2) is 11.2 Å². The zero-order valence-corrected chi connectivity index (χ0v) is 8.64. The average molecular weight is 170 g/mol. The van der Waals surface area contributed by atoms with E-state index in [1.54, 1.807) is 0 Å². The van der Waals surface area contributed by atoms with Gasteiger partial charge in [0.05, 0.1) is 6.10 Å². The Kier molecular flexibility index (Phi) is 7.17. The summed E-state index contributed by atoms with van der Waals surface area (Å²) in [4.78, 5) is 0. The predicted molar refractivity (Wildman–Crippen MR) is 54.2 cm³/mol. The van der Waals surface area contributed by atoms with Gasteiger partial charge in [-0.1, -0.05) is 39.7 Å². The molecular formula is C11H22O. The van der Waals surface area contributed by atoms with Crippen molar-refractivity contribution in [3.8, 4) is 0 Å². The van der Waals surface area contributed by atoms with E-state index < -0.39 is 0 Å². The molecular weight excluding hydrogens is 148 g/mol. The van der Waals surface area contributed by atoms with E-state index in [2.05, 4.69) is 19.9 Å². The summed E-state index contributed by atoms with van der Waals surface area (Å²) in [5.41, 5.74) is 1.24. The SMILES string of the molecule is CCCC=C(CCC)C(O)CC. The first kappa shape index (κ1) is 11.7. The monoisotopic (exact) mass is 170 g/mol. The molecule has 0 aliphatic heterocycles. The molecule has 1 atom stereocenters. The maximum Gasteiger partial charge on any atom is 0.0747 e. The summed E-state index contributed by atoms with van der Waals surface area (Å²) in [5, 5.41) is 9.61. The van der Waals surface area contributed by atoms with Crippen molar-refractivity contribution in [2.75, 3.05) is 0 Å². The third-order valence-electron chi connectivity index (χ3n) is 2.05. The lowest BCUT2D eigenvalue weighted by atomic mass is 10.0. The Balaban J connectivity index is 4.01. The third-order valence-corrected chi connectivity index (χ3v) is 2.05. The van der Waals surface area contributed by atoms with Crippen molar-refractivity contribution in [2.24, 2.45) is 0 Å². The standard InChI is InChI=1S/C11H22O/c1-4-7-9-10(8-5-2)11(12)6-3/h9,11-12H,4-8H2,1-3H3. The molecule has 0 aliphatic rings. The van der Waals surface area contributed by atoms with Gasteiger partial charge in [-0.15, -0.1) is 0 Å². The van der Waals surface area contributed by atoms with Crippen LogP contribution in [0, 0.1) is 0 Å². The van der Waals surface area contributed by atoms with Crippen molar-refractivity contribution in [2.45, 2.75) is 59.0 Å². The summed E-state index contributed by atoms with van der Waals surface area (Å²) < 4.78 is 0. The minimum atomic E-state index is -0.198. The summed E-state index contributed by atoms with van der Waals surface area (Å²) in [6, 6.07) is 0. The maximum atomic E-state index is 9.61. The smallest absolute Gasteiger partial charge is 0.0747 e. The summed E-state index contributed by atoms with van der Waals surface area (Å²) >= 11 is 0. The fraction of sp³-hybridized carbons (Fsp3) is 0.818. The molecule has 1 nitrogen and oxygen atoms in total. The van der Waals surface area contributed by atoms with Crippen molar-refractivity contribution >= 4 is 0 Å². The summed E-state index contributed by atoms with van der Waals surface area (Å²) in [6.07, 6.45) is 7.31. The summed E-state index contributed by atoms with van der Waals surface area (Å²) in [6.45, 7) is 6.35. The Morgan fingerprint density at radius 2 is 1.92 bits per heavy atom. The molecule has 0 aromatic rings. The van der Waals surface area contributed by atoms with Crippen LogP contribution >= 0.6 is 0 Å². The largest absolute Gasteiger partial charge is 0.389 e. The van der Waals surface area contributed by atoms with Gasteiger partial charge in [-0.25, -0.2) is 0 Å². The molecule has 0 saturated carbocycles. The van der Waals surface area contributed by atoms with Crippen LogP contribution in [0.15, 0.2) is 11.6 Å². The van der Waals surface area contributed by atoms with Crippen molar-refractivity contribution in [1.82, 2.24) is 0 Å². The maximum absolute atomic E-state index is 9.61. The van der Waals surface area contributed by atoms with Crippen LogP contribution in [0.5, 0.6) is 0 Å². The van der Waals surface area contributed by atoms with Crippen LogP contribution in [0.4, 0.5) is 0 Å². The molecule has 0 fully saturated rings. The molecule has 0 heterocycles.